The van der Waals surface area contributed by atoms with E-state index in [1.54, 1.807) is 17.6 Å². The zero-order chi connectivity index (χ0) is 19.8. The second-order valence-electron chi connectivity index (χ2n) is 7.93. The van der Waals surface area contributed by atoms with Crippen LogP contribution in [-0.2, 0) is 16.7 Å². The lowest BCUT2D eigenvalue weighted by Gasteiger charge is -2.42. The monoisotopic (exact) mass is 448 g/mol. The number of esters is 1. The molecule has 6 heteroatoms. The molecule has 0 fully saturated rings. The van der Waals surface area contributed by atoms with Crippen LogP contribution in [0.1, 0.15) is 61.0 Å². The van der Waals surface area contributed by atoms with E-state index >= 15 is 0 Å². The van der Waals surface area contributed by atoms with Gasteiger partial charge < -0.3 is 10.1 Å². The topological polar surface area (TPSA) is 50.7 Å². The SMILES string of the molecule is CCOC(=O)c1c(N=Cc2cccc(Br)c2)sc2c1CC(C)(C)NC2(C)C. The largest absolute Gasteiger partial charge is 0.462 e. The molecule has 27 heavy (non-hydrogen) atoms. The normalized spacial score (nSPS) is 17.7. The lowest BCUT2D eigenvalue weighted by Crippen LogP contribution is -2.55. The van der Waals surface area contributed by atoms with Gasteiger partial charge in [-0.15, -0.1) is 11.3 Å². The third-order valence-corrected chi connectivity index (χ3v) is 6.44. The Labute approximate surface area is 173 Å². The van der Waals surface area contributed by atoms with E-state index in [1.807, 2.05) is 31.2 Å². The lowest BCUT2D eigenvalue weighted by atomic mass is 9.81. The summed E-state index contributed by atoms with van der Waals surface area (Å²) in [7, 11) is 0. The summed E-state index contributed by atoms with van der Waals surface area (Å²) >= 11 is 5.05. The predicted molar refractivity (Wildman–Crippen MR) is 116 cm³/mol. The van der Waals surface area contributed by atoms with Gasteiger partial charge in [-0.3, -0.25) is 0 Å². The van der Waals surface area contributed by atoms with E-state index in [2.05, 4.69) is 53.9 Å². The third kappa shape index (κ3) is 4.33. The molecule has 0 atom stereocenters. The number of aliphatic imine (C=N–C) groups is 1. The van der Waals surface area contributed by atoms with Crippen LogP contribution in [0.25, 0.3) is 0 Å². The van der Waals surface area contributed by atoms with Crippen LogP contribution in [0.2, 0.25) is 0 Å². The average Bonchev–Trinajstić information content (AvgIpc) is 2.90. The molecule has 0 radical (unpaired) electrons. The first-order chi connectivity index (χ1) is 12.6. The minimum atomic E-state index is -0.287. The van der Waals surface area contributed by atoms with Gasteiger partial charge >= 0.3 is 5.97 Å². The molecule has 4 nitrogen and oxygen atoms in total. The van der Waals surface area contributed by atoms with Gasteiger partial charge in [0, 0.05) is 26.6 Å². The first-order valence-electron chi connectivity index (χ1n) is 9.05. The van der Waals surface area contributed by atoms with E-state index in [0.29, 0.717) is 17.2 Å². The molecule has 0 amide bonds. The Hall–Kier alpha value is -1.50. The maximum atomic E-state index is 12.8. The molecule has 0 saturated heterocycles. The second kappa shape index (κ2) is 7.49. The zero-order valence-electron chi connectivity index (χ0n) is 16.4. The molecule has 3 rings (SSSR count). The highest BCUT2D eigenvalue weighted by atomic mass is 79.9. The number of hydrogen-bond donors (Lipinski definition) is 1. The quantitative estimate of drug-likeness (QED) is 0.489. The summed E-state index contributed by atoms with van der Waals surface area (Å²) in [5.74, 6) is -0.287. The van der Waals surface area contributed by atoms with Gasteiger partial charge in [0.25, 0.3) is 0 Å². The molecule has 144 valence electrons. The smallest absolute Gasteiger partial charge is 0.341 e. The van der Waals surface area contributed by atoms with Crippen LogP contribution >= 0.6 is 27.3 Å². The summed E-state index contributed by atoms with van der Waals surface area (Å²) < 4.78 is 6.36. The van der Waals surface area contributed by atoms with Crippen molar-refractivity contribution in [2.24, 2.45) is 4.99 Å². The van der Waals surface area contributed by atoms with E-state index in [-0.39, 0.29) is 17.0 Å². The number of nitrogens with zero attached hydrogens (tertiary/aromatic N) is 1. The van der Waals surface area contributed by atoms with Gasteiger partial charge in [-0.1, -0.05) is 28.1 Å². The molecule has 0 bridgehead atoms. The number of carbonyl (C=O) groups is 1. The fourth-order valence-electron chi connectivity index (χ4n) is 3.74. The number of thiophene rings is 1. The van der Waals surface area contributed by atoms with Crippen LogP contribution < -0.4 is 5.32 Å². The van der Waals surface area contributed by atoms with Gasteiger partial charge in [0.1, 0.15) is 5.00 Å². The van der Waals surface area contributed by atoms with Gasteiger partial charge in [-0.2, -0.15) is 0 Å². The molecule has 1 N–H and O–H groups in total. The van der Waals surface area contributed by atoms with Gasteiger partial charge in [0.15, 0.2) is 0 Å². The summed E-state index contributed by atoms with van der Waals surface area (Å²) in [5.41, 5.74) is 2.32. The van der Waals surface area contributed by atoms with Crippen LogP contribution in [-0.4, -0.2) is 24.3 Å². The van der Waals surface area contributed by atoms with Crippen LogP contribution in [0.4, 0.5) is 5.00 Å². The van der Waals surface area contributed by atoms with Crippen molar-refractivity contribution in [2.45, 2.75) is 52.1 Å². The van der Waals surface area contributed by atoms with Gasteiger partial charge in [-0.25, -0.2) is 9.79 Å². The van der Waals surface area contributed by atoms with Crippen molar-refractivity contribution < 1.29 is 9.53 Å². The van der Waals surface area contributed by atoms with Crippen molar-refractivity contribution >= 4 is 44.5 Å². The molecule has 2 aromatic rings. The maximum absolute atomic E-state index is 12.8. The van der Waals surface area contributed by atoms with Crippen molar-refractivity contribution in [2.75, 3.05) is 6.61 Å². The van der Waals surface area contributed by atoms with Crippen molar-refractivity contribution in [3.63, 3.8) is 0 Å². The average molecular weight is 449 g/mol. The molecule has 1 aliphatic heterocycles. The van der Waals surface area contributed by atoms with Crippen LogP contribution in [0.3, 0.4) is 0 Å². The fraction of sp³-hybridized carbons (Fsp3) is 0.429. The number of hydrogen-bond acceptors (Lipinski definition) is 5. The Balaban J connectivity index is 2.11. The van der Waals surface area contributed by atoms with Crippen LogP contribution in [0.5, 0.6) is 0 Å². The van der Waals surface area contributed by atoms with Crippen molar-refractivity contribution in [1.29, 1.82) is 0 Å². The summed E-state index contributed by atoms with van der Waals surface area (Å²) in [6.45, 7) is 10.8. The molecule has 0 saturated carbocycles. The predicted octanol–water partition coefficient (Wildman–Crippen LogP) is 5.60. The highest BCUT2D eigenvalue weighted by Gasteiger charge is 2.41. The molecule has 1 aromatic carbocycles. The van der Waals surface area contributed by atoms with Gasteiger partial charge in [0.2, 0.25) is 0 Å². The Morgan fingerprint density at radius 2 is 2.11 bits per heavy atom. The van der Waals surface area contributed by atoms with E-state index in [0.717, 1.165) is 26.9 Å². The Bertz CT molecular complexity index is 900. The first kappa shape index (κ1) is 20.2. The Morgan fingerprint density at radius 1 is 1.37 bits per heavy atom. The number of nitrogens with one attached hydrogen (secondary N) is 1. The van der Waals surface area contributed by atoms with Crippen LogP contribution in [0.15, 0.2) is 33.7 Å². The molecule has 1 aromatic heterocycles. The Morgan fingerprint density at radius 3 is 2.78 bits per heavy atom. The molecular formula is C21H25BrN2O2S. The van der Waals surface area contributed by atoms with E-state index in [4.69, 9.17) is 4.74 Å². The summed E-state index contributed by atoms with van der Waals surface area (Å²) in [6, 6.07) is 7.92. The fourth-order valence-corrected chi connectivity index (χ4v) is 5.37. The number of carbonyl (C=O) groups excluding carboxylic acids is 1. The van der Waals surface area contributed by atoms with E-state index in [1.165, 1.54) is 0 Å². The highest BCUT2D eigenvalue weighted by molar-refractivity contribution is 9.10. The highest BCUT2D eigenvalue weighted by Crippen LogP contribution is 2.46. The van der Waals surface area contributed by atoms with Crippen molar-refractivity contribution in [1.82, 2.24) is 5.32 Å². The minimum Gasteiger partial charge on any atom is -0.462 e. The third-order valence-electron chi connectivity index (χ3n) is 4.48. The van der Waals surface area contributed by atoms with Crippen molar-refractivity contribution in [3.8, 4) is 0 Å². The van der Waals surface area contributed by atoms with Gasteiger partial charge in [0.05, 0.1) is 12.2 Å². The first-order valence-corrected chi connectivity index (χ1v) is 10.7. The molecule has 0 unspecified atom stereocenters. The molecule has 0 aliphatic carbocycles. The number of ether oxygens (including phenoxy) is 1. The number of fused-ring (bicyclic) bond motifs is 1. The molecular weight excluding hydrogens is 424 g/mol. The second-order valence-corrected chi connectivity index (χ2v) is 9.85. The number of rotatable bonds is 4. The molecule has 0 spiro atoms. The maximum Gasteiger partial charge on any atom is 0.341 e. The lowest BCUT2D eigenvalue weighted by molar-refractivity contribution is 0.0525. The minimum absolute atomic E-state index is 0.107. The van der Waals surface area contributed by atoms with E-state index < -0.39 is 0 Å². The number of benzene rings is 1. The van der Waals surface area contributed by atoms with Gasteiger partial charge in [-0.05, 0) is 64.3 Å². The van der Waals surface area contributed by atoms with Crippen LogP contribution in [0, 0.1) is 0 Å². The summed E-state index contributed by atoms with van der Waals surface area (Å²) in [5, 5.41) is 4.40. The number of halogens is 1. The standard InChI is InChI=1S/C21H25BrN2O2S/c1-6-26-19(25)16-15-11-20(2,3)24-21(4,5)17(15)27-18(16)23-12-13-8-7-9-14(22)10-13/h7-10,12,24H,6,11H2,1-5H3. The molecule has 2 heterocycles. The Kier molecular flexibility index (Phi) is 5.62. The zero-order valence-corrected chi connectivity index (χ0v) is 18.8. The molecule has 1 aliphatic rings. The summed E-state index contributed by atoms with van der Waals surface area (Å²) in [4.78, 5) is 18.6. The van der Waals surface area contributed by atoms with Crippen molar-refractivity contribution in [3.05, 3.63) is 50.3 Å². The summed E-state index contributed by atoms with van der Waals surface area (Å²) in [6.07, 6.45) is 2.57. The van der Waals surface area contributed by atoms with E-state index in [9.17, 15) is 4.79 Å².